The van der Waals surface area contributed by atoms with Crippen LogP contribution in [0.1, 0.15) is 24.0 Å². The Labute approximate surface area is 204 Å². The van der Waals surface area contributed by atoms with Crippen molar-refractivity contribution < 1.29 is 32.6 Å². The summed E-state index contributed by atoms with van der Waals surface area (Å²) in [7, 11) is 0. The lowest BCUT2D eigenvalue weighted by Crippen LogP contribution is -2.19. The van der Waals surface area contributed by atoms with Crippen LogP contribution >= 0.6 is 11.8 Å². The third kappa shape index (κ3) is 8.56. The summed E-state index contributed by atoms with van der Waals surface area (Å²) in [5.74, 6) is -0.820. The Kier molecular flexibility index (Phi) is 8.64. The van der Waals surface area contributed by atoms with E-state index in [0.29, 0.717) is 35.7 Å². The van der Waals surface area contributed by atoms with Gasteiger partial charge in [0.2, 0.25) is 0 Å². The molecule has 1 atom stereocenters. The van der Waals surface area contributed by atoms with Crippen molar-refractivity contribution >= 4 is 35.1 Å². The number of alkyl halides is 3. The predicted octanol–water partition coefficient (Wildman–Crippen LogP) is 6.75. The molecule has 2 amide bonds. The number of anilines is 2. The second kappa shape index (κ2) is 11.7. The van der Waals surface area contributed by atoms with Gasteiger partial charge in [-0.25, -0.2) is 4.79 Å². The molecule has 3 rings (SSSR count). The highest BCUT2D eigenvalue weighted by molar-refractivity contribution is 8.00. The Hall–Kier alpha value is -3.66. The molecule has 0 saturated carbocycles. The molecule has 0 aliphatic rings. The van der Waals surface area contributed by atoms with Gasteiger partial charge in [-0.2, -0.15) is 13.2 Å². The zero-order valence-corrected chi connectivity index (χ0v) is 19.5. The van der Waals surface area contributed by atoms with Crippen molar-refractivity contribution in [2.24, 2.45) is 0 Å². The number of benzene rings is 3. The van der Waals surface area contributed by atoms with E-state index in [1.165, 1.54) is 24.3 Å². The Morgan fingerprint density at radius 3 is 1.97 bits per heavy atom. The van der Waals surface area contributed by atoms with Gasteiger partial charge in [-0.3, -0.25) is 4.79 Å². The van der Waals surface area contributed by atoms with Gasteiger partial charge in [0.05, 0.1) is 12.5 Å². The van der Waals surface area contributed by atoms with Crippen molar-refractivity contribution in [1.29, 1.82) is 0 Å². The SMILES string of the molecule is CC(C(=O)O)c1ccc(OCCc2ccc(NC(=O)Nc3ccc(SC(F)(F)F)cc3)cc2)cc1. The van der Waals surface area contributed by atoms with Gasteiger partial charge in [0, 0.05) is 22.7 Å². The molecule has 0 saturated heterocycles. The van der Waals surface area contributed by atoms with Crippen LogP contribution in [-0.4, -0.2) is 29.2 Å². The molecule has 3 N–H and O–H groups in total. The number of hydrogen-bond donors (Lipinski definition) is 3. The Bertz CT molecular complexity index is 1140. The topological polar surface area (TPSA) is 87.7 Å². The van der Waals surface area contributed by atoms with Crippen LogP contribution in [0.5, 0.6) is 5.75 Å². The van der Waals surface area contributed by atoms with Gasteiger partial charge in [-0.15, -0.1) is 0 Å². The van der Waals surface area contributed by atoms with E-state index in [4.69, 9.17) is 9.84 Å². The fourth-order valence-electron chi connectivity index (χ4n) is 3.07. The minimum atomic E-state index is -4.36. The molecular formula is C25H23F3N2O4S. The van der Waals surface area contributed by atoms with E-state index in [0.717, 1.165) is 5.56 Å². The number of carboxylic acid groups (broad SMARTS) is 1. The van der Waals surface area contributed by atoms with Crippen LogP contribution in [-0.2, 0) is 11.2 Å². The smallest absolute Gasteiger partial charge is 0.446 e. The zero-order chi connectivity index (χ0) is 25.4. The summed E-state index contributed by atoms with van der Waals surface area (Å²) in [5, 5.41) is 14.3. The molecule has 0 aliphatic carbocycles. The largest absolute Gasteiger partial charge is 0.493 e. The molecule has 1 unspecified atom stereocenters. The van der Waals surface area contributed by atoms with E-state index >= 15 is 0 Å². The number of rotatable bonds is 9. The van der Waals surface area contributed by atoms with E-state index in [1.54, 1.807) is 43.3 Å². The number of thioether (sulfide) groups is 1. The number of carbonyl (C=O) groups is 2. The Balaban J connectivity index is 1.43. The molecule has 35 heavy (non-hydrogen) atoms. The molecule has 3 aromatic carbocycles. The minimum Gasteiger partial charge on any atom is -0.493 e. The van der Waals surface area contributed by atoms with E-state index < -0.39 is 23.4 Å². The summed E-state index contributed by atoms with van der Waals surface area (Å²) in [6.07, 6.45) is 0.627. The maximum absolute atomic E-state index is 12.4. The molecule has 0 fully saturated rings. The molecule has 0 radical (unpaired) electrons. The van der Waals surface area contributed by atoms with Gasteiger partial charge in [0.1, 0.15) is 5.75 Å². The fraction of sp³-hybridized carbons (Fsp3) is 0.200. The van der Waals surface area contributed by atoms with Crippen LogP contribution < -0.4 is 15.4 Å². The van der Waals surface area contributed by atoms with Crippen molar-refractivity contribution in [2.75, 3.05) is 17.2 Å². The van der Waals surface area contributed by atoms with Gasteiger partial charge in [-0.05, 0) is 78.3 Å². The molecule has 0 bridgehead atoms. The lowest BCUT2D eigenvalue weighted by molar-refractivity contribution is -0.138. The normalized spacial score (nSPS) is 12.0. The van der Waals surface area contributed by atoms with Gasteiger partial charge in [0.25, 0.3) is 0 Å². The van der Waals surface area contributed by atoms with Crippen molar-refractivity contribution in [3.05, 3.63) is 83.9 Å². The maximum atomic E-state index is 12.4. The van der Waals surface area contributed by atoms with Gasteiger partial charge >= 0.3 is 17.5 Å². The number of carbonyl (C=O) groups excluding carboxylic acids is 1. The van der Waals surface area contributed by atoms with Gasteiger partial charge < -0.3 is 20.5 Å². The first-order valence-electron chi connectivity index (χ1n) is 10.6. The first-order valence-corrected chi connectivity index (χ1v) is 11.4. The van der Waals surface area contributed by atoms with Crippen molar-refractivity contribution in [2.45, 2.75) is 29.7 Å². The summed E-state index contributed by atoms with van der Waals surface area (Å²) in [5.41, 5.74) is -1.75. The lowest BCUT2D eigenvalue weighted by Gasteiger charge is -2.11. The molecule has 10 heteroatoms. The number of carboxylic acids is 1. The second-order valence-electron chi connectivity index (χ2n) is 7.58. The van der Waals surface area contributed by atoms with Crippen molar-refractivity contribution in [1.82, 2.24) is 0 Å². The average molecular weight is 505 g/mol. The predicted molar refractivity (Wildman–Crippen MR) is 129 cm³/mol. The molecular weight excluding hydrogens is 481 g/mol. The van der Waals surface area contributed by atoms with E-state index in [1.807, 2.05) is 12.1 Å². The lowest BCUT2D eigenvalue weighted by atomic mass is 10.0. The van der Waals surface area contributed by atoms with E-state index in [-0.39, 0.29) is 16.7 Å². The second-order valence-corrected chi connectivity index (χ2v) is 8.71. The van der Waals surface area contributed by atoms with E-state index in [9.17, 15) is 22.8 Å². The molecule has 0 spiro atoms. The summed E-state index contributed by atoms with van der Waals surface area (Å²) in [4.78, 5) is 23.2. The summed E-state index contributed by atoms with van der Waals surface area (Å²) in [6.45, 7) is 2.04. The molecule has 3 aromatic rings. The van der Waals surface area contributed by atoms with Crippen molar-refractivity contribution in [3.8, 4) is 5.75 Å². The number of nitrogens with one attached hydrogen (secondary N) is 2. The van der Waals surface area contributed by atoms with Crippen LogP contribution in [0.3, 0.4) is 0 Å². The maximum Gasteiger partial charge on any atom is 0.446 e. The van der Waals surface area contributed by atoms with E-state index in [2.05, 4.69) is 10.6 Å². The van der Waals surface area contributed by atoms with Crippen LogP contribution in [0, 0.1) is 0 Å². The number of aliphatic carboxylic acids is 1. The third-order valence-corrected chi connectivity index (χ3v) is 5.71. The Morgan fingerprint density at radius 1 is 0.914 bits per heavy atom. The summed E-state index contributed by atoms with van der Waals surface area (Å²) in [6, 6.07) is 19.0. The summed E-state index contributed by atoms with van der Waals surface area (Å²) < 4.78 is 42.9. The Morgan fingerprint density at radius 2 is 1.46 bits per heavy atom. The zero-order valence-electron chi connectivity index (χ0n) is 18.6. The number of ether oxygens (including phenoxy) is 1. The van der Waals surface area contributed by atoms with Gasteiger partial charge in [0.15, 0.2) is 0 Å². The fourth-order valence-corrected chi connectivity index (χ4v) is 3.61. The quantitative estimate of drug-likeness (QED) is 0.281. The molecule has 6 nitrogen and oxygen atoms in total. The monoisotopic (exact) mass is 504 g/mol. The number of hydrogen-bond acceptors (Lipinski definition) is 4. The average Bonchev–Trinajstić information content (AvgIpc) is 2.80. The molecule has 184 valence electrons. The van der Waals surface area contributed by atoms with Crippen LogP contribution in [0.4, 0.5) is 29.3 Å². The summed E-state index contributed by atoms with van der Waals surface area (Å²) >= 11 is -0.218. The first kappa shape index (κ1) is 26.0. The first-order chi connectivity index (χ1) is 16.6. The van der Waals surface area contributed by atoms with Crippen LogP contribution in [0.25, 0.3) is 0 Å². The number of halogens is 3. The van der Waals surface area contributed by atoms with Crippen LogP contribution in [0.15, 0.2) is 77.7 Å². The number of amides is 2. The number of urea groups is 1. The minimum absolute atomic E-state index is 0.0350. The third-order valence-electron chi connectivity index (χ3n) is 4.97. The highest BCUT2D eigenvalue weighted by Gasteiger charge is 2.29. The van der Waals surface area contributed by atoms with Crippen LogP contribution in [0.2, 0.25) is 0 Å². The molecule has 0 aliphatic heterocycles. The highest BCUT2D eigenvalue weighted by Crippen LogP contribution is 2.37. The van der Waals surface area contributed by atoms with Crippen molar-refractivity contribution in [3.63, 3.8) is 0 Å². The standard InChI is InChI=1S/C25H23F3N2O4S/c1-16(23(31)32)18-4-10-21(11-5-18)34-15-14-17-2-6-19(7-3-17)29-24(33)30-20-8-12-22(13-9-20)35-25(26,27)28/h2-13,16H,14-15H2,1H3,(H,31,32)(H2,29,30,33). The molecule has 0 aromatic heterocycles. The molecule has 0 heterocycles. The highest BCUT2D eigenvalue weighted by atomic mass is 32.2. The van der Waals surface area contributed by atoms with Gasteiger partial charge in [-0.1, -0.05) is 24.3 Å².